The van der Waals surface area contributed by atoms with Crippen LogP contribution in [0.3, 0.4) is 0 Å². The SMILES string of the molecule is CC1CCC(c2cc(F)c(-c3cc(F)c(CF)c(F)c3)c(F)c2)OC1.FOc1cc(F)c(OC(F)(F)F)c(F)c1. The van der Waals surface area contributed by atoms with E-state index in [1.807, 2.05) is 6.92 Å². The Balaban J connectivity index is 0.000000252. The molecule has 1 aliphatic rings. The maximum absolute atomic E-state index is 14.5. The van der Waals surface area contributed by atoms with E-state index < -0.39 is 76.7 Å². The second-order valence-corrected chi connectivity index (χ2v) is 8.76. The van der Waals surface area contributed by atoms with E-state index in [1.54, 1.807) is 0 Å². The van der Waals surface area contributed by atoms with Crippen molar-refractivity contribution in [2.75, 3.05) is 6.61 Å². The summed E-state index contributed by atoms with van der Waals surface area (Å²) in [4.78, 5) is 2.94. The lowest BCUT2D eigenvalue weighted by Crippen LogP contribution is -2.18. The number of benzene rings is 3. The second kappa shape index (κ2) is 12.7. The number of rotatable bonds is 5. The van der Waals surface area contributed by atoms with Crippen molar-refractivity contribution in [3.8, 4) is 22.6 Å². The second-order valence-electron chi connectivity index (χ2n) is 8.76. The summed E-state index contributed by atoms with van der Waals surface area (Å²) in [7, 11) is 0. The maximum atomic E-state index is 14.5. The zero-order valence-corrected chi connectivity index (χ0v) is 20.3. The summed E-state index contributed by atoms with van der Waals surface area (Å²) >= 11 is 0. The Morgan fingerprint density at radius 1 is 0.800 bits per heavy atom. The van der Waals surface area contributed by atoms with Gasteiger partial charge in [-0.15, -0.1) is 13.2 Å². The highest BCUT2D eigenvalue weighted by atomic mass is 19.4. The van der Waals surface area contributed by atoms with Crippen molar-refractivity contribution in [2.45, 2.75) is 38.9 Å². The van der Waals surface area contributed by atoms with Crippen molar-refractivity contribution in [1.29, 1.82) is 0 Å². The average molecular weight is 588 g/mol. The molecule has 0 radical (unpaired) electrons. The fourth-order valence-electron chi connectivity index (χ4n) is 3.87. The van der Waals surface area contributed by atoms with Crippen LogP contribution in [0.5, 0.6) is 11.5 Å². The van der Waals surface area contributed by atoms with Crippen LogP contribution in [0.15, 0.2) is 36.4 Å². The van der Waals surface area contributed by atoms with Crippen LogP contribution in [0.1, 0.15) is 37.0 Å². The lowest BCUT2D eigenvalue weighted by Gasteiger charge is -2.27. The molecule has 1 fully saturated rings. The lowest BCUT2D eigenvalue weighted by molar-refractivity contribution is -0.276. The van der Waals surface area contributed by atoms with Gasteiger partial charge in [0.1, 0.15) is 29.9 Å². The third-order valence-corrected chi connectivity index (χ3v) is 5.78. The van der Waals surface area contributed by atoms with Crippen LogP contribution in [-0.4, -0.2) is 13.0 Å². The summed E-state index contributed by atoms with van der Waals surface area (Å²) in [6.07, 6.45) is -4.11. The first kappa shape index (κ1) is 31.0. The summed E-state index contributed by atoms with van der Waals surface area (Å²) < 4.78 is 149. The van der Waals surface area contributed by atoms with E-state index in [4.69, 9.17) is 4.74 Å². The summed E-state index contributed by atoms with van der Waals surface area (Å²) in [6.45, 7) is 1.21. The molecule has 1 saturated heterocycles. The first-order chi connectivity index (χ1) is 18.7. The molecule has 2 unspecified atom stereocenters. The largest absolute Gasteiger partial charge is 0.573 e. The maximum Gasteiger partial charge on any atom is 0.573 e. The standard InChI is InChI=1S/C19H17F5O.C7H2F6O2/c1-10-2-3-18(25-9-10)11-4-16(23)19(17(24)5-11)12-6-14(21)13(8-20)15(22)7-12;8-4-1-3(15-13)2-5(9)6(4)14-7(10,11)12/h4-7,10,18H,2-3,8-9H2,1H3;1-2H. The van der Waals surface area contributed by atoms with Gasteiger partial charge < -0.3 is 9.47 Å². The normalized spacial score (nSPS) is 17.2. The van der Waals surface area contributed by atoms with Gasteiger partial charge in [0.15, 0.2) is 17.4 Å². The number of hydrogen-bond acceptors (Lipinski definition) is 3. The zero-order valence-electron chi connectivity index (χ0n) is 20.3. The highest BCUT2D eigenvalue weighted by molar-refractivity contribution is 5.66. The Bertz CT molecular complexity index is 1270. The predicted molar refractivity (Wildman–Crippen MR) is 118 cm³/mol. The first-order valence-corrected chi connectivity index (χ1v) is 11.4. The molecule has 1 aliphatic heterocycles. The molecule has 0 saturated carbocycles. The van der Waals surface area contributed by atoms with Gasteiger partial charge in [0.2, 0.25) is 5.75 Å². The quantitative estimate of drug-likeness (QED) is 0.279. The molecule has 0 spiro atoms. The molecule has 4 rings (SSSR count). The highest BCUT2D eigenvalue weighted by Gasteiger charge is 2.34. The van der Waals surface area contributed by atoms with E-state index >= 15 is 0 Å². The van der Waals surface area contributed by atoms with Gasteiger partial charge in [-0.3, -0.25) is 4.94 Å². The van der Waals surface area contributed by atoms with E-state index in [-0.39, 0.29) is 17.7 Å². The molecule has 0 aliphatic carbocycles. The molecule has 3 nitrogen and oxygen atoms in total. The Morgan fingerprint density at radius 3 is 1.77 bits per heavy atom. The van der Waals surface area contributed by atoms with Crippen molar-refractivity contribution < 1.29 is 62.8 Å². The smallest absolute Gasteiger partial charge is 0.399 e. The molecule has 0 N–H and O–H groups in total. The van der Waals surface area contributed by atoms with Crippen LogP contribution in [-0.2, 0) is 11.4 Å². The number of halogens is 11. The minimum atomic E-state index is -5.24. The molecule has 1 heterocycles. The Morgan fingerprint density at radius 2 is 1.35 bits per heavy atom. The molecule has 0 amide bonds. The highest BCUT2D eigenvalue weighted by Crippen LogP contribution is 2.36. The number of alkyl halides is 4. The molecular formula is C26H19F11O3. The first-order valence-electron chi connectivity index (χ1n) is 11.4. The van der Waals surface area contributed by atoms with Crippen LogP contribution in [0.2, 0.25) is 0 Å². The van der Waals surface area contributed by atoms with Crippen LogP contribution < -0.4 is 9.68 Å². The Hall–Kier alpha value is -3.55. The predicted octanol–water partition coefficient (Wildman–Crippen LogP) is 8.99. The van der Waals surface area contributed by atoms with E-state index in [9.17, 15) is 48.4 Å². The molecule has 14 heteroatoms. The van der Waals surface area contributed by atoms with Gasteiger partial charge in [-0.2, -0.15) is 0 Å². The van der Waals surface area contributed by atoms with Crippen molar-refractivity contribution in [1.82, 2.24) is 0 Å². The van der Waals surface area contributed by atoms with E-state index in [0.717, 1.165) is 30.7 Å². The molecule has 0 aromatic heterocycles. The van der Waals surface area contributed by atoms with Gasteiger partial charge in [-0.1, -0.05) is 6.92 Å². The van der Waals surface area contributed by atoms with Crippen molar-refractivity contribution in [3.63, 3.8) is 0 Å². The third kappa shape index (κ3) is 7.55. The molecular weight excluding hydrogens is 569 g/mol. The summed E-state index contributed by atoms with van der Waals surface area (Å²) in [5.41, 5.74) is -1.26. The van der Waals surface area contributed by atoms with Crippen molar-refractivity contribution >= 4 is 0 Å². The van der Waals surface area contributed by atoms with Crippen LogP contribution in [0, 0.1) is 40.8 Å². The Labute approximate surface area is 220 Å². The van der Waals surface area contributed by atoms with Gasteiger partial charge in [0.05, 0.1) is 17.2 Å². The minimum absolute atomic E-state index is 0.212. The van der Waals surface area contributed by atoms with Crippen LogP contribution in [0.4, 0.5) is 48.4 Å². The minimum Gasteiger partial charge on any atom is -0.399 e. The van der Waals surface area contributed by atoms with Gasteiger partial charge in [-0.05, 0) is 54.2 Å². The molecule has 40 heavy (non-hydrogen) atoms. The van der Waals surface area contributed by atoms with Crippen LogP contribution in [0.25, 0.3) is 11.1 Å². The third-order valence-electron chi connectivity index (χ3n) is 5.78. The van der Waals surface area contributed by atoms with E-state index in [1.165, 1.54) is 0 Å². The zero-order chi connectivity index (χ0) is 29.8. The summed E-state index contributed by atoms with van der Waals surface area (Å²) in [5.74, 6) is -9.85. The summed E-state index contributed by atoms with van der Waals surface area (Å²) in [6, 6.07) is 4.14. The number of hydrogen-bond donors (Lipinski definition) is 0. The molecule has 3 aromatic rings. The molecule has 218 valence electrons. The van der Waals surface area contributed by atoms with Gasteiger partial charge in [0, 0.05) is 23.3 Å². The van der Waals surface area contributed by atoms with Gasteiger partial charge >= 0.3 is 6.36 Å². The van der Waals surface area contributed by atoms with Crippen molar-refractivity contribution in [3.05, 3.63) is 82.4 Å². The fraction of sp³-hybridized carbons (Fsp3) is 0.308. The molecule has 0 bridgehead atoms. The topological polar surface area (TPSA) is 27.7 Å². The van der Waals surface area contributed by atoms with Crippen molar-refractivity contribution in [2.24, 2.45) is 5.92 Å². The van der Waals surface area contributed by atoms with Gasteiger partial charge in [-0.25, -0.2) is 30.7 Å². The summed E-state index contributed by atoms with van der Waals surface area (Å²) in [5, 5.41) is 0. The number of ether oxygens (including phenoxy) is 2. The molecule has 3 aromatic carbocycles. The van der Waals surface area contributed by atoms with Crippen LogP contribution >= 0.6 is 0 Å². The van der Waals surface area contributed by atoms with E-state index in [0.29, 0.717) is 24.5 Å². The fourth-order valence-corrected chi connectivity index (χ4v) is 3.87. The molecule has 2 atom stereocenters. The Kier molecular flexibility index (Phi) is 9.87. The lowest BCUT2D eigenvalue weighted by atomic mass is 9.93. The average Bonchev–Trinajstić information content (AvgIpc) is 2.86. The monoisotopic (exact) mass is 588 g/mol. The van der Waals surface area contributed by atoms with E-state index in [2.05, 4.69) is 9.68 Å². The van der Waals surface area contributed by atoms with Gasteiger partial charge in [0.25, 0.3) is 0 Å².